The molecule has 5 heteroatoms. The van der Waals surface area contributed by atoms with Crippen LogP contribution in [0.4, 0.5) is 0 Å². The first-order chi connectivity index (χ1) is 8.13. The van der Waals surface area contributed by atoms with Crippen molar-refractivity contribution < 1.29 is 19.4 Å². The predicted octanol–water partition coefficient (Wildman–Crippen LogP) is 2.50. The molecule has 2 N–H and O–H groups in total. The second-order valence-corrected chi connectivity index (χ2v) is 3.86. The molecule has 90 valence electrons. The Morgan fingerprint density at radius 3 is 2.88 bits per heavy atom. The molecule has 0 aliphatic carbocycles. The van der Waals surface area contributed by atoms with Crippen molar-refractivity contribution in [1.29, 1.82) is 0 Å². The summed E-state index contributed by atoms with van der Waals surface area (Å²) in [7, 11) is 0. The van der Waals surface area contributed by atoms with E-state index >= 15 is 0 Å². The molecule has 0 saturated carbocycles. The van der Waals surface area contributed by atoms with Gasteiger partial charge in [-0.25, -0.2) is 4.98 Å². The summed E-state index contributed by atoms with van der Waals surface area (Å²) >= 11 is 0. The molecule has 2 aromatic rings. The van der Waals surface area contributed by atoms with Gasteiger partial charge in [0.1, 0.15) is 11.7 Å². The van der Waals surface area contributed by atoms with Crippen molar-refractivity contribution in [1.82, 2.24) is 4.98 Å². The van der Waals surface area contributed by atoms with E-state index in [1.807, 2.05) is 6.92 Å². The molecule has 1 aromatic carbocycles. The number of carboxylic acids is 1. The summed E-state index contributed by atoms with van der Waals surface area (Å²) in [4.78, 5) is 15.1. The highest BCUT2D eigenvalue weighted by molar-refractivity contribution is 5.81. The highest BCUT2D eigenvalue weighted by atomic mass is 16.4. The Morgan fingerprint density at radius 1 is 1.53 bits per heavy atom. The fourth-order valence-corrected chi connectivity index (χ4v) is 1.74. The third-order valence-corrected chi connectivity index (χ3v) is 2.59. The van der Waals surface area contributed by atoms with E-state index in [0.29, 0.717) is 17.5 Å². The van der Waals surface area contributed by atoms with Gasteiger partial charge < -0.3 is 14.6 Å². The topological polar surface area (TPSA) is 83.6 Å². The van der Waals surface area contributed by atoms with Gasteiger partial charge in [-0.2, -0.15) is 0 Å². The van der Waals surface area contributed by atoms with Gasteiger partial charge in [-0.05, 0) is 18.6 Å². The van der Waals surface area contributed by atoms with Gasteiger partial charge in [0.25, 0.3) is 0 Å². The number of rotatable bonds is 4. The van der Waals surface area contributed by atoms with E-state index in [1.54, 1.807) is 12.1 Å². The minimum Gasteiger partial charge on any atom is -0.506 e. The number of phenolic OH excluding ortho intramolecular Hbond substituents is 1. The van der Waals surface area contributed by atoms with Crippen molar-refractivity contribution in [3.05, 3.63) is 24.1 Å². The molecular weight excluding hydrogens is 222 g/mol. The maximum absolute atomic E-state index is 11.1. The molecule has 0 radical (unpaired) electrons. The minimum absolute atomic E-state index is 0.00172. The second-order valence-electron chi connectivity index (χ2n) is 3.86. The van der Waals surface area contributed by atoms with Gasteiger partial charge in [-0.15, -0.1) is 0 Å². The van der Waals surface area contributed by atoms with E-state index in [9.17, 15) is 9.90 Å². The first-order valence-electron chi connectivity index (χ1n) is 5.44. The van der Waals surface area contributed by atoms with Gasteiger partial charge >= 0.3 is 5.97 Å². The number of aromatic hydroxyl groups is 1. The molecule has 1 aromatic heterocycles. The van der Waals surface area contributed by atoms with Crippen LogP contribution < -0.4 is 0 Å². The van der Waals surface area contributed by atoms with Gasteiger partial charge in [-0.1, -0.05) is 19.4 Å². The number of carbonyl (C=O) groups is 1. The summed E-state index contributed by atoms with van der Waals surface area (Å²) in [5.41, 5.74) is 0.715. The van der Waals surface area contributed by atoms with Crippen LogP contribution in [0.3, 0.4) is 0 Å². The maximum Gasteiger partial charge on any atom is 0.315 e. The van der Waals surface area contributed by atoms with Gasteiger partial charge in [0.05, 0.1) is 0 Å². The van der Waals surface area contributed by atoms with Crippen LogP contribution in [-0.4, -0.2) is 21.2 Å². The normalized spacial score (nSPS) is 12.8. The lowest BCUT2D eigenvalue weighted by molar-refractivity contribution is -0.139. The Hall–Kier alpha value is -2.04. The number of carboxylic acid groups (broad SMARTS) is 1. The predicted molar refractivity (Wildman–Crippen MR) is 61.0 cm³/mol. The lowest BCUT2D eigenvalue weighted by Crippen LogP contribution is -2.11. The molecule has 0 spiro atoms. The lowest BCUT2D eigenvalue weighted by Gasteiger charge is -2.05. The van der Waals surface area contributed by atoms with Crippen LogP contribution in [0.5, 0.6) is 5.75 Å². The van der Waals surface area contributed by atoms with Gasteiger partial charge in [0.15, 0.2) is 11.1 Å². The van der Waals surface area contributed by atoms with E-state index in [0.717, 1.165) is 6.42 Å². The van der Waals surface area contributed by atoms with Crippen LogP contribution in [0.1, 0.15) is 31.6 Å². The van der Waals surface area contributed by atoms with Crippen LogP contribution in [-0.2, 0) is 4.79 Å². The number of fused-ring (bicyclic) bond motifs is 1. The molecule has 17 heavy (non-hydrogen) atoms. The van der Waals surface area contributed by atoms with E-state index in [-0.39, 0.29) is 11.6 Å². The quantitative estimate of drug-likeness (QED) is 0.850. The van der Waals surface area contributed by atoms with E-state index in [1.165, 1.54) is 6.07 Å². The van der Waals surface area contributed by atoms with Crippen molar-refractivity contribution in [2.45, 2.75) is 25.7 Å². The number of oxazole rings is 1. The molecule has 0 fully saturated rings. The first kappa shape index (κ1) is 11.4. The largest absolute Gasteiger partial charge is 0.506 e. The number of para-hydroxylation sites is 1. The molecule has 1 unspecified atom stereocenters. The van der Waals surface area contributed by atoms with Crippen molar-refractivity contribution in [3.63, 3.8) is 0 Å². The fraction of sp³-hybridized carbons (Fsp3) is 0.333. The molecule has 1 heterocycles. The first-order valence-corrected chi connectivity index (χ1v) is 5.44. The summed E-state index contributed by atoms with van der Waals surface area (Å²) in [6, 6.07) is 4.77. The zero-order chi connectivity index (χ0) is 12.4. The molecule has 5 nitrogen and oxygen atoms in total. The number of phenols is 1. The molecule has 0 amide bonds. The summed E-state index contributed by atoms with van der Waals surface area (Å²) in [5, 5.41) is 18.7. The Labute approximate surface area is 97.7 Å². The number of nitrogens with zero attached hydrogens (tertiary/aromatic N) is 1. The Kier molecular flexibility index (Phi) is 2.99. The molecule has 1 atom stereocenters. The number of hydrogen-bond donors (Lipinski definition) is 2. The van der Waals surface area contributed by atoms with E-state index in [4.69, 9.17) is 9.52 Å². The zero-order valence-electron chi connectivity index (χ0n) is 9.38. The lowest BCUT2D eigenvalue weighted by atomic mass is 10.0. The standard InChI is InChI=1S/C12H13NO4/c1-2-4-7(12(15)16)11-13-10-8(14)5-3-6-9(10)17-11/h3,5-7,14H,2,4H2,1H3,(H,15,16). The smallest absolute Gasteiger partial charge is 0.315 e. The van der Waals surface area contributed by atoms with Crippen LogP contribution in [0, 0.1) is 0 Å². The molecule has 0 bridgehead atoms. The van der Waals surface area contributed by atoms with Crippen molar-refractivity contribution in [2.24, 2.45) is 0 Å². The van der Waals surface area contributed by atoms with E-state index < -0.39 is 11.9 Å². The third-order valence-electron chi connectivity index (χ3n) is 2.59. The van der Waals surface area contributed by atoms with Crippen LogP contribution in [0.2, 0.25) is 0 Å². The van der Waals surface area contributed by atoms with Crippen molar-refractivity contribution in [3.8, 4) is 5.75 Å². The Balaban J connectivity index is 2.47. The molecular formula is C12H13NO4. The Morgan fingerprint density at radius 2 is 2.29 bits per heavy atom. The zero-order valence-corrected chi connectivity index (χ0v) is 9.38. The molecule has 0 aliphatic rings. The fourth-order valence-electron chi connectivity index (χ4n) is 1.74. The SMILES string of the molecule is CCCC(C(=O)O)c1nc2c(O)cccc2o1. The van der Waals surface area contributed by atoms with Gasteiger partial charge in [-0.3, -0.25) is 4.79 Å². The van der Waals surface area contributed by atoms with E-state index in [2.05, 4.69) is 4.98 Å². The maximum atomic E-state index is 11.1. The summed E-state index contributed by atoms with van der Waals surface area (Å²) in [6.45, 7) is 1.90. The minimum atomic E-state index is -0.960. The second kappa shape index (κ2) is 4.45. The average Bonchev–Trinajstić information content (AvgIpc) is 2.70. The summed E-state index contributed by atoms with van der Waals surface area (Å²) < 4.78 is 5.37. The number of aromatic nitrogens is 1. The number of hydrogen-bond acceptors (Lipinski definition) is 4. The molecule has 0 aliphatic heterocycles. The third kappa shape index (κ3) is 2.08. The highest BCUT2D eigenvalue weighted by Crippen LogP contribution is 2.29. The molecule has 0 saturated heterocycles. The Bertz CT molecular complexity index is 546. The number of benzene rings is 1. The molecule has 2 rings (SSSR count). The van der Waals surface area contributed by atoms with Gasteiger partial charge in [0, 0.05) is 0 Å². The summed E-state index contributed by atoms with van der Waals surface area (Å²) in [5.74, 6) is -1.57. The monoisotopic (exact) mass is 235 g/mol. The average molecular weight is 235 g/mol. The van der Waals surface area contributed by atoms with Crippen LogP contribution in [0.15, 0.2) is 22.6 Å². The number of aliphatic carboxylic acids is 1. The van der Waals surface area contributed by atoms with Gasteiger partial charge in [0.2, 0.25) is 5.89 Å². The van der Waals surface area contributed by atoms with Crippen LogP contribution >= 0.6 is 0 Å². The summed E-state index contributed by atoms with van der Waals surface area (Å²) in [6.07, 6.45) is 1.19. The highest BCUT2D eigenvalue weighted by Gasteiger charge is 2.25. The van der Waals surface area contributed by atoms with Crippen molar-refractivity contribution >= 4 is 17.1 Å². The van der Waals surface area contributed by atoms with Crippen LogP contribution in [0.25, 0.3) is 11.1 Å². The van der Waals surface area contributed by atoms with Crippen molar-refractivity contribution in [2.75, 3.05) is 0 Å².